The molecule has 0 unspecified atom stereocenters. The van der Waals surface area contributed by atoms with E-state index in [1.165, 1.54) is 11.8 Å². The molecule has 1 aromatic carbocycles. The Morgan fingerprint density at radius 1 is 1.32 bits per heavy atom. The summed E-state index contributed by atoms with van der Waals surface area (Å²) in [6.45, 7) is 4.28. The van der Waals surface area contributed by atoms with E-state index >= 15 is 0 Å². The van der Waals surface area contributed by atoms with E-state index in [1.807, 2.05) is 6.26 Å². The molecule has 1 aromatic heterocycles. The second-order valence-electron chi connectivity index (χ2n) is 6.63. The standard InChI is InChI=1S/C18H18ClN3O2S/c1-18(2)8-14-12(10-20-17(21-14)25-3)15(9-18)22-24-16(23)11-6-4-5-7-13(11)19/h4-7,10H,8-9H2,1-3H3/b22-15-. The van der Waals surface area contributed by atoms with Crippen molar-refractivity contribution in [3.05, 3.63) is 52.3 Å². The summed E-state index contributed by atoms with van der Waals surface area (Å²) in [4.78, 5) is 26.3. The molecular weight excluding hydrogens is 358 g/mol. The Bertz CT molecular complexity index is 852. The fraction of sp³-hybridized carbons (Fsp3) is 0.333. The molecule has 3 rings (SSSR count). The van der Waals surface area contributed by atoms with E-state index in [2.05, 4.69) is 29.0 Å². The van der Waals surface area contributed by atoms with Crippen LogP contribution in [0.4, 0.5) is 0 Å². The number of nitrogens with zero attached hydrogens (tertiary/aromatic N) is 3. The van der Waals surface area contributed by atoms with Gasteiger partial charge in [0.1, 0.15) is 0 Å². The second-order valence-corrected chi connectivity index (χ2v) is 7.81. The Kier molecular flexibility index (Phi) is 5.11. The van der Waals surface area contributed by atoms with E-state index in [1.54, 1.807) is 30.5 Å². The number of oxime groups is 1. The van der Waals surface area contributed by atoms with Crippen molar-refractivity contribution in [3.8, 4) is 0 Å². The average molecular weight is 376 g/mol. The maximum atomic E-state index is 12.2. The van der Waals surface area contributed by atoms with Crippen molar-refractivity contribution in [3.63, 3.8) is 0 Å². The number of rotatable bonds is 3. The monoisotopic (exact) mass is 375 g/mol. The van der Waals surface area contributed by atoms with Crippen LogP contribution < -0.4 is 0 Å². The van der Waals surface area contributed by atoms with Crippen LogP contribution in [0.5, 0.6) is 0 Å². The predicted octanol–water partition coefficient (Wildman–Crippen LogP) is 4.39. The van der Waals surface area contributed by atoms with E-state index < -0.39 is 5.97 Å². The van der Waals surface area contributed by atoms with Crippen LogP contribution in [0.2, 0.25) is 5.02 Å². The van der Waals surface area contributed by atoms with Crippen LogP contribution in [0.15, 0.2) is 40.8 Å². The first-order chi connectivity index (χ1) is 11.9. The molecule has 0 bridgehead atoms. The van der Waals surface area contributed by atoms with Crippen molar-refractivity contribution in [1.29, 1.82) is 0 Å². The molecule has 1 heterocycles. The molecule has 130 valence electrons. The highest BCUT2D eigenvalue weighted by Crippen LogP contribution is 2.34. The highest BCUT2D eigenvalue weighted by Gasteiger charge is 2.32. The van der Waals surface area contributed by atoms with Crippen LogP contribution in [0.25, 0.3) is 0 Å². The Hall–Kier alpha value is -1.92. The van der Waals surface area contributed by atoms with Gasteiger partial charge in [-0.05, 0) is 36.6 Å². The number of benzene rings is 1. The molecule has 0 saturated heterocycles. The van der Waals surface area contributed by atoms with Gasteiger partial charge >= 0.3 is 5.97 Å². The van der Waals surface area contributed by atoms with Crippen LogP contribution in [0.1, 0.15) is 41.9 Å². The number of carbonyl (C=O) groups is 1. The molecule has 25 heavy (non-hydrogen) atoms. The normalized spacial score (nSPS) is 17.2. The van der Waals surface area contributed by atoms with Gasteiger partial charge in [0, 0.05) is 11.8 Å². The van der Waals surface area contributed by atoms with Crippen molar-refractivity contribution < 1.29 is 9.63 Å². The van der Waals surface area contributed by atoms with Crippen LogP contribution in [-0.4, -0.2) is 27.9 Å². The van der Waals surface area contributed by atoms with Gasteiger partial charge in [-0.15, -0.1) is 0 Å². The Labute approximate surface area is 155 Å². The molecule has 0 spiro atoms. The maximum absolute atomic E-state index is 12.2. The number of hydrogen-bond donors (Lipinski definition) is 0. The summed E-state index contributed by atoms with van der Waals surface area (Å²) in [5.74, 6) is -0.579. The zero-order valence-electron chi connectivity index (χ0n) is 14.2. The highest BCUT2D eigenvalue weighted by atomic mass is 35.5. The molecule has 0 fully saturated rings. The van der Waals surface area contributed by atoms with Crippen molar-refractivity contribution >= 4 is 35.0 Å². The second kappa shape index (κ2) is 7.14. The summed E-state index contributed by atoms with van der Waals surface area (Å²) < 4.78 is 0. The van der Waals surface area contributed by atoms with Gasteiger partial charge in [0.05, 0.1) is 22.0 Å². The molecular formula is C18H18ClN3O2S. The lowest BCUT2D eigenvalue weighted by molar-refractivity contribution is 0.0514. The predicted molar refractivity (Wildman–Crippen MR) is 99.3 cm³/mol. The molecule has 0 amide bonds. The Morgan fingerprint density at radius 3 is 2.80 bits per heavy atom. The lowest BCUT2D eigenvalue weighted by atomic mass is 9.76. The highest BCUT2D eigenvalue weighted by molar-refractivity contribution is 7.98. The van der Waals surface area contributed by atoms with E-state index in [0.717, 1.165) is 22.8 Å². The number of carbonyl (C=O) groups excluding carboxylic acids is 1. The summed E-state index contributed by atoms with van der Waals surface area (Å²) in [5, 5.41) is 5.18. The molecule has 0 radical (unpaired) electrons. The van der Waals surface area contributed by atoms with Gasteiger partial charge in [-0.3, -0.25) is 0 Å². The van der Waals surface area contributed by atoms with Gasteiger partial charge in [-0.25, -0.2) is 14.8 Å². The Morgan fingerprint density at radius 2 is 2.08 bits per heavy atom. The smallest absolute Gasteiger partial charge is 0.312 e. The largest absolute Gasteiger partial charge is 0.367 e. The SMILES string of the molecule is CSc1ncc2c(n1)CC(C)(C)C/C2=N/OC(=O)c1ccccc1Cl. The molecule has 0 aliphatic heterocycles. The van der Waals surface area contributed by atoms with Crippen molar-refractivity contribution in [2.24, 2.45) is 10.6 Å². The first-order valence-corrected chi connectivity index (χ1v) is 9.43. The van der Waals surface area contributed by atoms with Gasteiger partial charge in [-0.2, -0.15) is 0 Å². The molecule has 1 aliphatic carbocycles. The van der Waals surface area contributed by atoms with Crippen LogP contribution in [0, 0.1) is 5.41 Å². The first kappa shape index (κ1) is 17.9. The summed E-state index contributed by atoms with van der Waals surface area (Å²) in [6.07, 6.45) is 5.20. The van der Waals surface area contributed by atoms with Gasteiger partial charge in [-0.1, -0.05) is 54.5 Å². The topological polar surface area (TPSA) is 64.4 Å². The molecule has 1 aliphatic rings. The van der Waals surface area contributed by atoms with Crippen LogP contribution in [0.3, 0.4) is 0 Å². The van der Waals surface area contributed by atoms with Gasteiger partial charge in [0.15, 0.2) is 5.16 Å². The van der Waals surface area contributed by atoms with Gasteiger partial charge in [0.2, 0.25) is 0 Å². The van der Waals surface area contributed by atoms with E-state index in [4.69, 9.17) is 16.4 Å². The van der Waals surface area contributed by atoms with Crippen LogP contribution in [-0.2, 0) is 11.3 Å². The van der Waals surface area contributed by atoms with Crippen molar-refractivity contribution in [1.82, 2.24) is 9.97 Å². The molecule has 0 atom stereocenters. The minimum Gasteiger partial charge on any atom is -0.312 e. The average Bonchev–Trinajstić information content (AvgIpc) is 2.58. The van der Waals surface area contributed by atoms with E-state index in [0.29, 0.717) is 17.2 Å². The Balaban J connectivity index is 1.90. The van der Waals surface area contributed by atoms with Gasteiger partial charge in [0.25, 0.3) is 0 Å². The zero-order valence-corrected chi connectivity index (χ0v) is 15.8. The number of thioether (sulfide) groups is 1. The first-order valence-electron chi connectivity index (χ1n) is 7.83. The lowest BCUT2D eigenvalue weighted by Gasteiger charge is -2.30. The summed E-state index contributed by atoms with van der Waals surface area (Å²) >= 11 is 7.53. The number of aromatic nitrogens is 2. The molecule has 0 saturated carbocycles. The fourth-order valence-electron chi connectivity index (χ4n) is 2.79. The third-order valence-corrected chi connectivity index (χ3v) is 4.86. The fourth-order valence-corrected chi connectivity index (χ4v) is 3.36. The maximum Gasteiger partial charge on any atom is 0.367 e. The molecule has 7 heteroatoms. The number of halogens is 1. The van der Waals surface area contributed by atoms with Gasteiger partial charge < -0.3 is 4.84 Å². The minimum atomic E-state index is -0.579. The zero-order chi connectivity index (χ0) is 18.0. The van der Waals surface area contributed by atoms with Crippen molar-refractivity contribution in [2.45, 2.75) is 31.8 Å². The van der Waals surface area contributed by atoms with E-state index in [-0.39, 0.29) is 11.0 Å². The number of fused-ring (bicyclic) bond motifs is 1. The summed E-state index contributed by atoms with van der Waals surface area (Å²) in [6, 6.07) is 6.73. The third-order valence-electron chi connectivity index (χ3n) is 3.96. The van der Waals surface area contributed by atoms with Crippen molar-refractivity contribution in [2.75, 3.05) is 6.26 Å². The summed E-state index contributed by atoms with van der Waals surface area (Å²) in [5.41, 5.74) is 2.72. The quantitative estimate of drug-likeness (QED) is 0.344. The summed E-state index contributed by atoms with van der Waals surface area (Å²) in [7, 11) is 0. The molecule has 5 nitrogen and oxygen atoms in total. The molecule has 0 N–H and O–H groups in total. The van der Waals surface area contributed by atoms with E-state index in [9.17, 15) is 4.79 Å². The number of hydrogen-bond acceptors (Lipinski definition) is 6. The molecule has 2 aromatic rings. The minimum absolute atomic E-state index is 0.0212. The van der Waals surface area contributed by atoms with Crippen LogP contribution >= 0.6 is 23.4 Å². The third kappa shape index (κ3) is 4.02. The lowest BCUT2D eigenvalue weighted by Crippen LogP contribution is -2.29.